The summed E-state index contributed by atoms with van der Waals surface area (Å²) in [6.45, 7) is 4.75. The number of aromatic nitrogens is 1. The van der Waals surface area contributed by atoms with E-state index in [0.717, 1.165) is 0 Å². The van der Waals surface area contributed by atoms with Crippen LogP contribution in [0.25, 0.3) is 0 Å². The minimum absolute atomic E-state index is 0.111. The summed E-state index contributed by atoms with van der Waals surface area (Å²) in [6.07, 6.45) is 1.49. The standard InChI is InChI=1S/C10H16N4O/c1-7(2)5-13-10(15)8-3-4-9(14-11)12-6-8/h3-4,6-7H,5,11H2,1-2H3,(H,12,14)(H,13,15). The summed E-state index contributed by atoms with van der Waals surface area (Å²) in [4.78, 5) is 15.5. The summed E-state index contributed by atoms with van der Waals surface area (Å²) in [6, 6.07) is 3.34. The first-order chi connectivity index (χ1) is 7.13. The Hall–Kier alpha value is -1.62. The molecule has 15 heavy (non-hydrogen) atoms. The number of hydrazine groups is 1. The topological polar surface area (TPSA) is 80.0 Å². The van der Waals surface area contributed by atoms with E-state index >= 15 is 0 Å². The molecule has 1 amide bonds. The highest BCUT2D eigenvalue weighted by atomic mass is 16.1. The van der Waals surface area contributed by atoms with Crippen molar-refractivity contribution in [2.45, 2.75) is 13.8 Å². The van der Waals surface area contributed by atoms with Crippen LogP contribution < -0.4 is 16.6 Å². The number of nitrogens with two attached hydrogens (primary N) is 1. The van der Waals surface area contributed by atoms with Crippen molar-refractivity contribution in [1.82, 2.24) is 10.3 Å². The van der Waals surface area contributed by atoms with E-state index in [-0.39, 0.29) is 5.91 Å². The highest BCUT2D eigenvalue weighted by molar-refractivity contribution is 5.94. The normalized spacial score (nSPS) is 10.1. The fraction of sp³-hybridized carbons (Fsp3) is 0.400. The molecule has 1 heterocycles. The van der Waals surface area contributed by atoms with Gasteiger partial charge in [-0.25, -0.2) is 10.8 Å². The Bertz CT molecular complexity index is 321. The third kappa shape index (κ3) is 3.55. The second-order valence-electron chi connectivity index (χ2n) is 3.68. The van der Waals surface area contributed by atoms with E-state index < -0.39 is 0 Å². The molecular weight excluding hydrogens is 192 g/mol. The maximum Gasteiger partial charge on any atom is 0.252 e. The lowest BCUT2D eigenvalue weighted by molar-refractivity contribution is 0.0948. The van der Waals surface area contributed by atoms with Crippen LogP contribution in [-0.2, 0) is 0 Å². The molecule has 4 N–H and O–H groups in total. The van der Waals surface area contributed by atoms with E-state index in [4.69, 9.17) is 5.84 Å². The number of carbonyl (C=O) groups excluding carboxylic acids is 1. The van der Waals surface area contributed by atoms with Crippen LogP contribution >= 0.6 is 0 Å². The summed E-state index contributed by atoms with van der Waals surface area (Å²) in [5.41, 5.74) is 2.94. The summed E-state index contributed by atoms with van der Waals surface area (Å²) in [5.74, 6) is 6.02. The molecule has 1 aromatic heterocycles. The van der Waals surface area contributed by atoms with Gasteiger partial charge in [0.2, 0.25) is 0 Å². The van der Waals surface area contributed by atoms with E-state index in [9.17, 15) is 4.79 Å². The third-order valence-electron chi connectivity index (χ3n) is 1.84. The Balaban J connectivity index is 2.58. The molecule has 0 atom stereocenters. The first-order valence-electron chi connectivity index (χ1n) is 4.84. The Morgan fingerprint density at radius 1 is 1.53 bits per heavy atom. The number of nitrogens with one attached hydrogen (secondary N) is 2. The molecule has 5 nitrogen and oxygen atoms in total. The SMILES string of the molecule is CC(C)CNC(=O)c1ccc(NN)nc1. The molecule has 0 unspecified atom stereocenters. The van der Waals surface area contributed by atoms with Gasteiger partial charge in [0, 0.05) is 12.7 Å². The molecule has 0 bridgehead atoms. The van der Waals surface area contributed by atoms with Gasteiger partial charge < -0.3 is 10.7 Å². The number of hydrogen-bond acceptors (Lipinski definition) is 4. The Morgan fingerprint density at radius 2 is 2.27 bits per heavy atom. The quantitative estimate of drug-likeness (QED) is 0.504. The number of nitrogen functional groups attached to an aromatic ring is 1. The van der Waals surface area contributed by atoms with Gasteiger partial charge in [-0.2, -0.15) is 0 Å². The smallest absolute Gasteiger partial charge is 0.252 e. The van der Waals surface area contributed by atoms with Gasteiger partial charge in [-0.3, -0.25) is 4.79 Å². The van der Waals surface area contributed by atoms with Crippen LogP contribution in [0, 0.1) is 5.92 Å². The van der Waals surface area contributed by atoms with E-state index in [1.165, 1.54) is 6.20 Å². The lowest BCUT2D eigenvalue weighted by atomic mass is 10.2. The van der Waals surface area contributed by atoms with Gasteiger partial charge in [0.05, 0.1) is 5.56 Å². The molecule has 5 heteroatoms. The van der Waals surface area contributed by atoms with Crippen molar-refractivity contribution in [2.75, 3.05) is 12.0 Å². The van der Waals surface area contributed by atoms with Gasteiger partial charge in [0.25, 0.3) is 5.91 Å². The second kappa shape index (κ2) is 5.31. The lowest BCUT2D eigenvalue weighted by Crippen LogP contribution is -2.27. The fourth-order valence-corrected chi connectivity index (χ4v) is 1.01. The highest BCUT2D eigenvalue weighted by Crippen LogP contribution is 2.03. The summed E-state index contributed by atoms with van der Waals surface area (Å²) < 4.78 is 0. The third-order valence-corrected chi connectivity index (χ3v) is 1.84. The molecule has 0 aliphatic heterocycles. The van der Waals surface area contributed by atoms with Crippen molar-refractivity contribution in [3.05, 3.63) is 23.9 Å². The molecule has 82 valence electrons. The van der Waals surface area contributed by atoms with Crippen molar-refractivity contribution >= 4 is 11.7 Å². The number of pyridine rings is 1. The van der Waals surface area contributed by atoms with E-state index in [1.807, 2.05) is 13.8 Å². The van der Waals surface area contributed by atoms with Gasteiger partial charge in [-0.05, 0) is 18.1 Å². The van der Waals surface area contributed by atoms with Gasteiger partial charge in [0.15, 0.2) is 0 Å². The largest absolute Gasteiger partial charge is 0.352 e. The van der Waals surface area contributed by atoms with Crippen molar-refractivity contribution in [3.8, 4) is 0 Å². The van der Waals surface area contributed by atoms with Crippen molar-refractivity contribution in [2.24, 2.45) is 11.8 Å². The van der Waals surface area contributed by atoms with Crippen LogP contribution in [0.15, 0.2) is 18.3 Å². The van der Waals surface area contributed by atoms with Crippen molar-refractivity contribution in [3.63, 3.8) is 0 Å². The van der Waals surface area contributed by atoms with E-state index in [1.54, 1.807) is 12.1 Å². The summed E-state index contributed by atoms with van der Waals surface area (Å²) >= 11 is 0. The molecule has 0 aliphatic carbocycles. The maximum atomic E-state index is 11.5. The number of anilines is 1. The molecule has 0 radical (unpaired) electrons. The Kier molecular flexibility index (Phi) is 4.05. The molecule has 0 aliphatic rings. The van der Waals surface area contributed by atoms with Crippen LogP contribution in [0.3, 0.4) is 0 Å². The summed E-state index contributed by atoms with van der Waals surface area (Å²) in [7, 11) is 0. The lowest BCUT2D eigenvalue weighted by Gasteiger charge is -2.07. The molecule has 1 rings (SSSR count). The fourth-order valence-electron chi connectivity index (χ4n) is 1.01. The summed E-state index contributed by atoms with van der Waals surface area (Å²) in [5, 5.41) is 2.81. The molecule has 1 aromatic rings. The van der Waals surface area contributed by atoms with Crippen LogP contribution in [0.2, 0.25) is 0 Å². The second-order valence-corrected chi connectivity index (χ2v) is 3.68. The number of carbonyl (C=O) groups is 1. The molecular formula is C10H16N4O. The zero-order valence-corrected chi connectivity index (χ0v) is 8.95. The number of nitrogens with zero attached hydrogens (tertiary/aromatic N) is 1. The average molecular weight is 208 g/mol. The average Bonchev–Trinajstić information content (AvgIpc) is 2.26. The number of amides is 1. The van der Waals surface area contributed by atoms with Gasteiger partial charge >= 0.3 is 0 Å². The minimum atomic E-state index is -0.111. The predicted octanol–water partition coefficient (Wildman–Crippen LogP) is 0.753. The van der Waals surface area contributed by atoms with Crippen molar-refractivity contribution in [1.29, 1.82) is 0 Å². The van der Waals surface area contributed by atoms with Gasteiger partial charge in [0.1, 0.15) is 5.82 Å². The molecule has 0 fully saturated rings. The van der Waals surface area contributed by atoms with E-state index in [2.05, 4.69) is 15.7 Å². The predicted molar refractivity (Wildman–Crippen MR) is 59.2 cm³/mol. The number of rotatable bonds is 4. The highest BCUT2D eigenvalue weighted by Gasteiger charge is 2.05. The zero-order valence-electron chi connectivity index (χ0n) is 8.95. The maximum absolute atomic E-state index is 11.5. The Labute approximate surface area is 89.0 Å². The first-order valence-corrected chi connectivity index (χ1v) is 4.84. The molecule has 0 saturated carbocycles. The minimum Gasteiger partial charge on any atom is -0.352 e. The van der Waals surface area contributed by atoms with Crippen LogP contribution in [0.4, 0.5) is 5.82 Å². The van der Waals surface area contributed by atoms with Gasteiger partial charge in [-0.1, -0.05) is 13.8 Å². The van der Waals surface area contributed by atoms with Crippen molar-refractivity contribution < 1.29 is 4.79 Å². The van der Waals surface area contributed by atoms with E-state index in [0.29, 0.717) is 23.8 Å². The van der Waals surface area contributed by atoms with Crippen LogP contribution in [-0.4, -0.2) is 17.4 Å². The first kappa shape index (κ1) is 11.5. The van der Waals surface area contributed by atoms with Crippen LogP contribution in [0.5, 0.6) is 0 Å². The van der Waals surface area contributed by atoms with Gasteiger partial charge in [-0.15, -0.1) is 0 Å². The monoisotopic (exact) mass is 208 g/mol. The van der Waals surface area contributed by atoms with Crippen LogP contribution in [0.1, 0.15) is 24.2 Å². The molecule has 0 saturated heterocycles. The zero-order chi connectivity index (χ0) is 11.3. The molecule has 0 aromatic carbocycles. The molecule has 0 spiro atoms. The Morgan fingerprint density at radius 3 is 2.73 bits per heavy atom. The number of hydrogen-bond donors (Lipinski definition) is 3.